The molecule has 2 unspecified atom stereocenters. The van der Waals surface area contributed by atoms with E-state index in [0.29, 0.717) is 6.42 Å². The summed E-state index contributed by atoms with van der Waals surface area (Å²) in [6.45, 7) is 4.14. The van der Waals surface area contributed by atoms with Gasteiger partial charge in [-0.25, -0.2) is 0 Å². The molecule has 0 aromatic heterocycles. The van der Waals surface area contributed by atoms with Gasteiger partial charge in [0.2, 0.25) is 5.91 Å². The SMILES string of the molecule is CCC(C)N(C)C(=O)C(S)Cc1ccccc1. The molecule has 0 saturated carbocycles. The van der Waals surface area contributed by atoms with Crippen molar-refractivity contribution in [1.82, 2.24) is 4.90 Å². The number of carbonyl (C=O) groups excluding carboxylic acids is 1. The lowest BCUT2D eigenvalue weighted by molar-refractivity contribution is -0.131. The van der Waals surface area contributed by atoms with Gasteiger partial charge in [-0.1, -0.05) is 37.3 Å². The Bertz CT molecular complexity index is 352. The maximum absolute atomic E-state index is 12.1. The van der Waals surface area contributed by atoms with Crippen LogP contribution in [-0.4, -0.2) is 29.1 Å². The largest absolute Gasteiger partial charge is 0.342 e. The van der Waals surface area contributed by atoms with Crippen LogP contribution in [0.15, 0.2) is 30.3 Å². The van der Waals surface area contributed by atoms with Crippen molar-refractivity contribution in [3.63, 3.8) is 0 Å². The Balaban J connectivity index is 2.58. The molecule has 94 valence electrons. The Morgan fingerprint density at radius 2 is 1.94 bits per heavy atom. The maximum atomic E-state index is 12.1. The van der Waals surface area contributed by atoms with Crippen LogP contribution in [0.4, 0.5) is 0 Å². The van der Waals surface area contributed by atoms with Crippen LogP contribution < -0.4 is 0 Å². The molecule has 17 heavy (non-hydrogen) atoms. The molecule has 0 aliphatic rings. The van der Waals surface area contributed by atoms with E-state index in [0.717, 1.165) is 12.0 Å². The van der Waals surface area contributed by atoms with Gasteiger partial charge in [-0.05, 0) is 25.3 Å². The van der Waals surface area contributed by atoms with Gasteiger partial charge in [-0.3, -0.25) is 4.79 Å². The van der Waals surface area contributed by atoms with Crippen molar-refractivity contribution in [1.29, 1.82) is 0 Å². The number of hydrogen-bond donors (Lipinski definition) is 1. The van der Waals surface area contributed by atoms with Crippen LogP contribution in [0.5, 0.6) is 0 Å². The van der Waals surface area contributed by atoms with Gasteiger partial charge in [-0.15, -0.1) is 0 Å². The summed E-state index contributed by atoms with van der Waals surface area (Å²) in [7, 11) is 1.85. The van der Waals surface area contributed by atoms with Crippen LogP contribution in [0.3, 0.4) is 0 Å². The van der Waals surface area contributed by atoms with Crippen LogP contribution in [0, 0.1) is 0 Å². The third kappa shape index (κ3) is 4.08. The second-order valence-corrected chi connectivity index (χ2v) is 5.04. The molecule has 1 amide bonds. The first-order valence-electron chi connectivity index (χ1n) is 6.05. The first-order chi connectivity index (χ1) is 8.06. The summed E-state index contributed by atoms with van der Waals surface area (Å²) in [5.41, 5.74) is 1.15. The molecule has 0 aliphatic heterocycles. The zero-order valence-electron chi connectivity index (χ0n) is 10.8. The van der Waals surface area contributed by atoms with Crippen LogP contribution in [-0.2, 0) is 11.2 Å². The predicted octanol–water partition coefficient (Wildman–Crippen LogP) is 2.78. The van der Waals surface area contributed by atoms with Crippen LogP contribution in [0.25, 0.3) is 0 Å². The van der Waals surface area contributed by atoms with Crippen LogP contribution >= 0.6 is 12.6 Å². The minimum absolute atomic E-state index is 0.103. The molecule has 1 rings (SSSR count). The molecule has 0 saturated heterocycles. The summed E-state index contributed by atoms with van der Waals surface area (Å²) in [6.07, 6.45) is 1.65. The Morgan fingerprint density at radius 1 is 1.35 bits per heavy atom. The summed E-state index contributed by atoms with van der Waals surface area (Å²) in [5, 5.41) is -0.253. The van der Waals surface area contributed by atoms with Gasteiger partial charge in [0.1, 0.15) is 0 Å². The second-order valence-electron chi connectivity index (χ2n) is 4.41. The summed E-state index contributed by atoms with van der Waals surface area (Å²) >= 11 is 4.42. The topological polar surface area (TPSA) is 20.3 Å². The normalized spacial score (nSPS) is 14.1. The molecule has 0 N–H and O–H groups in total. The van der Waals surface area contributed by atoms with E-state index in [-0.39, 0.29) is 17.2 Å². The molecule has 0 radical (unpaired) electrons. The number of rotatable bonds is 5. The molecule has 0 aliphatic carbocycles. The molecule has 1 aromatic carbocycles. The molecule has 0 heterocycles. The Hall–Kier alpha value is -0.960. The molecule has 2 atom stereocenters. The van der Waals surface area contributed by atoms with E-state index >= 15 is 0 Å². The molecule has 1 aromatic rings. The number of nitrogens with zero attached hydrogens (tertiary/aromatic N) is 1. The fourth-order valence-electron chi connectivity index (χ4n) is 1.65. The predicted molar refractivity (Wildman–Crippen MR) is 75.4 cm³/mol. The summed E-state index contributed by atoms with van der Waals surface area (Å²) < 4.78 is 0. The second kappa shape index (κ2) is 6.70. The minimum Gasteiger partial charge on any atom is -0.342 e. The van der Waals surface area contributed by atoms with Gasteiger partial charge in [0.25, 0.3) is 0 Å². The standard InChI is InChI=1S/C14H21NOS/c1-4-11(2)15(3)14(16)13(17)10-12-8-6-5-7-9-12/h5-9,11,13,17H,4,10H2,1-3H3. The van der Waals surface area contributed by atoms with Crippen LogP contribution in [0.2, 0.25) is 0 Å². The van der Waals surface area contributed by atoms with Crippen molar-refractivity contribution in [3.8, 4) is 0 Å². The van der Waals surface area contributed by atoms with Crippen molar-refractivity contribution in [2.45, 2.75) is 38.0 Å². The fraction of sp³-hybridized carbons (Fsp3) is 0.500. The average Bonchev–Trinajstić information content (AvgIpc) is 2.37. The van der Waals surface area contributed by atoms with Crippen molar-refractivity contribution >= 4 is 18.5 Å². The smallest absolute Gasteiger partial charge is 0.235 e. The van der Waals surface area contributed by atoms with Gasteiger partial charge in [0.15, 0.2) is 0 Å². The molecule has 2 nitrogen and oxygen atoms in total. The summed E-state index contributed by atoms with van der Waals surface area (Å²) in [4.78, 5) is 13.9. The lowest BCUT2D eigenvalue weighted by atomic mass is 10.1. The third-order valence-corrected chi connectivity index (χ3v) is 3.56. The lowest BCUT2D eigenvalue weighted by Gasteiger charge is -2.26. The first kappa shape index (κ1) is 14.1. The quantitative estimate of drug-likeness (QED) is 0.798. The van der Waals surface area contributed by atoms with E-state index in [1.807, 2.05) is 37.4 Å². The number of hydrogen-bond acceptors (Lipinski definition) is 2. The number of thiol groups is 1. The van der Waals surface area contributed by atoms with E-state index in [1.54, 1.807) is 4.90 Å². The minimum atomic E-state index is -0.253. The highest BCUT2D eigenvalue weighted by molar-refractivity contribution is 7.81. The molecular formula is C14H21NOS. The monoisotopic (exact) mass is 251 g/mol. The van der Waals surface area contributed by atoms with Crippen molar-refractivity contribution in [2.75, 3.05) is 7.05 Å². The highest BCUT2D eigenvalue weighted by atomic mass is 32.1. The third-order valence-electron chi connectivity index (χ3n) is 3.16. The molecule has 0 spiro atoms. The fourth-order valence-corrected chi connectivity index (χ4v) is 2.04. The van der Waals surface area contributed by atoms with Gasteiger partial charge < -0.3 is 4.90 Å². The van der Waals surface area contributed by atoms with Gasteiger partial charge in [0.05, 0.1) is 5.25 Å². The molecule has 0 bridgehead atoms. The van der Waals surface area contributed by atoms with Crippen molar-refractivity contribution in [2.24, 2.45) is 0 Å². The van der Waals surface area contributed by atoms with E-state index in [9.17, 15) is 4.79 Å². The van der Waals surface area contributed by atoms with Gasteiger partial charge in [-0.2, -0.15) is 12.6 Å². The molecule has 3 heteroatoms. The van der Waals surface area contributed by atoms with E-state index in [2.05, 4.69) is 26.5 Å². The van der Waals surface area contributed by atoms with Gasteiger partial charge >= 0.3 is 0 Å². The van der Waals surface area contributed by atoms with Gasteiger partial charge in [0, 0.05) is 13.1 Å². The number of carbonyl (C=O) groups is 1. The molecule has 0 fully saturated rings. The molecular weight excluding hydrogens is 230 g/mol. The average molecular weight is 251 g/mol. The zero-order chi connectivity index (χ0) is 12.8. The van der Waals surface area contributed by atoms with E-state index < -0.39 is 0 Å². The Morgan fingerprint density at radius 3 is 2.47 bits per heavy atom. The maximum Gasteiger partial charge on any atom is 0.235 e. The van der Waals surface area contributed by atoms with E-state index in [1.165, 1.54) is 0 Å². The first-order valence-corrected chi connectivity index (χ1v) is 6.56. The van der Waals surface area contributed by atoms with Crippen molar-refractivity contribution < 1.29 is 4.79 Å². The zero-order valence-corrected chi connectivity index (χ0v) is 11.7. The lowest BCUT2D eigenvalue weighted by Crippen LogP contribution is -2.40. The highest BCUT2D eigenvalue weighted by Crippen LogP contribution is 2.12. The van der Waals surface area contributed by atoms with E-state index in [4.69, 9.17) is 0 Å². The van der Waals surface area contributed by atoms with Crippen molar-refractivity contribution in [3.05, 3.63) is 35.9 Å². The summed E-state index contributed by atoms with van der Waals surface area (Å²) in [6, 6.07) is 10.3. The number of amides is 1. The summed E-state index contributed by atoms with van der Waals surface area (Å²) in [5.74, 6) is 0.103. The number of benzene rings is 1. The highest BCUT2D eigenvalue weighted by Gasteiger charge is 2.21. The van der Waals surface area contributed by atoms with Crippen LogP contribution in [0.1, 0.15) is 25.8 Å². The Labute approximate surface area is 109 Å². The Kier molecular flexibility index (Phi) is 5.56.